The monoisotopic (exact) mass is 402 g/mol. The van der Waals surface area contributed by atoms with Gasteiger partial charge in [-0.3, -0.25) is 4.68 Å². The van der Waals surface area contributed by atoms with E-state index in [2.05, 4.69) is 67.1 Å². The highest BCUT2D eigenvalue weighted by Gasteiger charge is 2.35. The highest BCUT2D eigenvalue weighted by molar-refractivity contribution is 5.80. The third kappa shape index (κ3) is 2.87. The van der Waals surface area contributed by atoms with Gasteiger partial charge in [0.15, 0.2) is 0 Å². The van der Waals surface area contributed by atoms with E-state index in [0.717, 1.165) is 54.1 Å². The highest BCUT2D eigenvalue weighted by atomic mass is 16.5. The van der Waals surface area contributed by atoms with Gasteiger partial charge in [0, 0.05) is 29.7 Å². The van der Waals surface area contributed by atoms with E-state index >= 15 is 0 Å². The Hall–Kier alpha value is -2.95. The average Bonchev–Trinajstić information content (AvgIpc) is 3.39. The van der Waals surface area contributed by atoms with Crippen LogP contribution in [0.25, 0.3) is 11.3 Å². The van der Waals surface area contributed by atoms with Gasteiger partial charge in [-0.2, -0.15) is 5.10 Å². The van der Waals surface area contributed by atoms with Gasteiger partial charge in [-0.05, 0) is 80.8 Å². The van der Waals surface area contributed by atoms with E-state index < -0.39 is 0 Å². The third-order valence-corrected chi connectivity index (χ3v) is 7.01. The summed E-state index contributed by atoms with van der Waals surface area (Å²) >= 11 is 0. The second-order valence-electron chi connectivity index (χ2n) is 9.04. The maximum atomic E-state index is 6.69. The molecule has 3 N–H and O–H groups in total. The lowest BCUT2D eigenvalue weighted by molar-refractivity contribution is 0.0434. The highest BCUT2D eigenvalue weighted by Crippen LogP contribution is 2.43. The summed E-state index contributed by atoms with van der Waals surface area (Å²) in [5.74, 6) is 1.02. The molecule has 5 rings (SSSR count). The maximum Gasteiger partial charge on any atom is 0.127 e. The fraction of sp³-hybridized carbons (Fsp3) is 0.400. The van der Waals surface area contributed by atoms with Gasteiger partial charge in [-0.15, -0.1) is 0 Å². The zero-order chi connectivity index (χ0) is 21.0. The van der Waals surface area contributed by atoms with Crippen LogP contribution in [0.3, 0.4) is 0 Å². The molecule has 1 aromatic heterocycles. The van der Waals surface area contributed by atoms with Gasteiger partial charge in [0.1, 0.15) is 11.4 Å². The van der Waals surface area contributed by atoms with Gasteiger partial charge in [0.25, 0.3) is 0 Å². The van der Waals surface area contributed by atoms with E-state index in [1.165, 1.54) is 27.9 Å². The van der Waals surface area contributed by atoms with E-state index in [0.29, 0.717) is 6.54 Å². The minimum atomic E-state index is -0.321. The number of benzene rings is 2. The number of anilines is 2. The Morgan fingerprint density at radius 3 is 2.80 bits per heavy atom. The van der Waals surface area contributed by atoms with Crippen molar-refractivity contribution in [3.05, 3.63) is 58.3 Å². The number of nitrogens with one attached hydrogen (secondary N) is 1. The number of fused-ring (bicyclic) bond motifs is 2. The lowest BCUT2D eigenvalue weighted by atomic mass is 9.86. The van der Waals surface area contributed by atoms with Crippen LogP contribution in [0.15, 0.2) is 30.5 Å². The number of nitrogens with zero attached hydrogens (tertiary/aromatic N) is 2. The molecule has 0 fully saturated rings. The summed E-state index contributed by atoms with van der Waals surface area (Å²) in [4.78, 5) is 0. The second kappa shape index (κ2) is 6.79. The van der Waals surface area contributed by atoms with Crippen molar-refractivity contribution < 1.29 is 4.74 Å². The number of hydrogen-bond acceptors (Lipinski definition) is 4. The predicted octanol–water partition coefficient (Wildman–Crippen LogP) is 4.81. The number of ether oxygens (including phenoxy) is 1. The molecule has 0 radical (unpaired) electrons. The van der Waals surface area contributed by atoms with Crippen molar-refractivity contribution in [3.8, 4) is 17.0 Å². The van der Waals surface area contributed by atoms with Crippen LogP contribution in [0.2, 0.25) is 0 Å². The molecule has 2 aliphatic heterocycles. The first-order valence-electron chi connectivity index (χ1n) is 10.8. The molecule has 0 spiro atoms. The van der Waals surface area contributed by atoms with Crippen molar-refractivity contribution in [1.29, 1.82) is 0 Å². The molecule has 0 aliphatic carbocycles. The SMILES string of the molecule is Cc1c(C)c2c(c(C)c1N)CC[C@@](C)(Cn1nccc1-c1cccc3c1NCC3)O2. The Morgan fingerprint density at radius 1 is 1.13 bits per heavy atom. The number of hydrogen-bond donors (Lipinski definition) is 2. The molecule has 1 atom stereocenters. The van der Waals surface area contributed by atoms with Gasteiger partial charge in [0.05, 0.1) is 12.2 Å². The van der Waals surface area contributed by atoms with Gasteiger partial charge in [0.2, 0.25) is 0 Å². The van der Waals surface area contributed by atoms with Crippen LogP contribution in [0.4, 0.5) is 11.4 Å². The molecule has 0 unspecified atom stereocenters. The Balaban J connectivity index is 1.49. The van der Waals surface area contributed by atoms with Crippen LogP contribution in [0.5, 0.6) is 5.75 Å². The van der Waals surface area contributed by atoms with Gasteiger partial charge in [-0.1, -0.05) is 18.2 Å². The van der Waals surface area contributed by atoms with Crippen LogP contribution >= 0.6 is 0 Å². The van der Waals surface area contributed by atoms with E-state index in [9.17, 15) is 0 Å². The summed E-state index contributed by atoms with van der Waals surface area (Å²) in [5, 5.41) is 8.23. The third-order valence-electron chi connectivity index (χ3n) is 7.01. The second-order valence-corrected chi connectivity index (χ2v) is 9.04. The van der Waals surface area contributed by atoms with Crippen molar-refractivity contribution in [2.45, 2.75) is 59.1 Å². The molecule has 30 heavy (non-hydrogen) atoms. The molecule has 5 heteroatoms. The quantitative estimate of drug-likeness (QED) is 0.617. The van der Waals surface area contributed by atoms with E-state index in [-0.39, 0.29) is 5.60 Å². The number of aromatic nitrogens is 2. The minimum absolute atomic E-state index is 0.321. The van der Waals surface area contributed by atoms with E-state index in [4.69, 9.17) is 10.5 Å². The van der Waals surface area contributed by atoms with Crippen LogP contribution in [-0.4, -0.2) is 21.9 Å². The number of nitrogen functional groups attached to an aromatic ring is 1. The molecule has 0 saturated carbocycles. The number of nitrogens with two attached hydrogens (primary N) is 1. The fourth-order valence-electron chi connectivity index (χ4n) is 5.01. The van der Waals surface area contributed by atoms with Crippen molar-refractivity contribution >= 4 is 11.4 Å². The summed E-state index contributed by atoms with van der Waals surface area (Å²) in [6, 6.07) is 8.65. The first-order valence-corrected chi connectivity index (χ1v) is 10.8. The molecule has 0 bridgehead atoms. The molecular weight excluding hydrogens is 372 g/mol. The average molecular weight is 403 g/mol. The lowest BCUT2D eigenvalue weighted by Crippen LogP contribution is -2.41. The topological polar surface area (TPSA) is 65.1 Å². The van der Waals surface area contributed by atoms with Gasteiger partial charge < -0.3 is 15.8 Å². The molecule has 2 aromatic carbocycles. The smallest absolute Gasteiger partial charge is 0.127 e. The van der Waals surface area contributed by atoms with Crippen molar-refractivity contribution in [1.82, 2.24) is 9.78 Å². The summed E-state index contributed by atoms with van der Waals surface area (Å²) in [6.45, 7) is 10.2. The molecule has 0 amide bonds. The Morgan fingerprint density at radius 2 is 1.97 bits per heavy atom. The minimum Gasteiger partial charge on any atom is -0.485 e. The molecule has 2 aliphatic rings. The zero-order valence-corrected chi connectivity index (χ0v) is 18.3. The molecule has 5 nitrogen and oxygen atoms in total. The van der Waals surface area contributed by atoms with Crippen molar-refractivity contribution in [3.63, 3.8) is 0 Å². The fourth-order valence-corrected chi connectivity index (χ4v) is 5.01. The zero-order valence-electron chi connectivity index (χ0n) is 18.3. The Bertz CT molecular complexity index is 1150. The van der Waals surface area contributed by atoms with Gasteiger partial charge in [-0.25, -0.2) is 0 Å². The summed E-state index contributed by atoms with van der Waals surface area (Å²) in [6.07, 6.45) is 4.88. The first kappa shape index (κ1) is 19.0. The lowest BCUT2D eigenvalue weighted by Gasteiger charge is -2.38. The standard InChI is InChI=1S/C25H30N4O/c1-15-16(2)24-19(17(3)22(15)26)8-11-25(4,30-24)14-29-21(10-13-28-29)20-7-5-6-18-9-12-27-23(18)20/h5-7,10,13,27H,8-9,11-12,14,26H2,1-4H3/t25-/m0/s1. The van der Waals surface area contributed by atoms with Crippen LogP contribution in [0, 0.1) is 20.8 Å². The molecule has 3 aromatic rings. The number of rotatable bonds is 3. The number of para-hydroxylation sites is 1. The summed E-state index contributed by atoms with van der Waals surface area (Å²) < 4.78 is 8.80. The maximum absolute atomic E-state index is 6.69. The summed E-state index contributed by atoms with van der Waals surface area (Å²) in [7, 11) is 0. The largest absolute Gasteiger partial charge is 0.485 e. The van der Waals surface area contributed by atoms with Crippen LogP contribution in [0.1, 0.15) is 41.2 Å². The van der Waals surface area contributed by atoms with Gasteiger partial charge >= 0.3 is 0 Å². The van der Waals surface area contributed by atoms with E-state index in [1.54, 1.807) is 0 Å². The molecule has 0 saturated heterocycles. The predicted molar refractivity (Wildman–Crippen MR) is 122 cm³/mol. The molecule has 3 heterocycles. The van der Waals surface area contributed by atoms with E-state index in [1.807, 2.05) is 6.20 Å². The van der Waals surface area contributed by atoms with Crippen LogP contribution in [-0.2, 0) is 19.4 Å². The van der Waals surface area contributed by atoms with Crippen molar-refractivity contribution in [2.75, 3.05) is 17.6 Å². The van der Waals surface area contributed by atoms with Crippen LogP contribution < -0.4 is 15.8 Å². The Labute approximate surface area is 178 Å². The molecule has 156 valence electrons. The first-order chi connectivity index (χ1) is 14.4. The molecular formula is C25H30N4O. The van der Waals surface area contributed by atoms with Crippen molar-refractivity contribution in [2.24, 2.45) is 0 Å². The normalized spacial score (nSPS) is 19.7. The summed E-state index contributed by atoms with van der Waals surface area (Å²) in [5.41, 5.74) is 16.6. The Kier molecular flexibility index (Phi) is 4.31.